The normalized spacial score (nSPS) is 19.0. The van der Waals surface area contributed by atoms with Crippen molar-refractivity contribution in [1.29, 1.82) is 0 Å². The van der Waals surface area contributed by atoms with Crippen LogP contribution in [0, 0.1) is 0 Å². The number of hydrogen-bond acceptors (Lipinski definition) is 3. The van der Waals surface area contributed by atoms with Crippen LogP contribution in [0.2, 0.25) is 0 Å². The summed E-state index contributed by atoms with van der Waals surface area (Å²) in [5.41, 5.74) is 0.700. The lowest BCUT2D eigenvalue weighted by atomic mass is 10.0. The molecule has 0 bridgehead atoms. The molecule has 1 saturated heterocycles. The summed E-state index contributed by atoms with van der Waals surface area (Å²) in [4.78, 5) is 6.42. The molecule has 1 atom stereocenters. The van der Waals surface area contributed by atoms with Gasteiger partial charge in [0.05, 0.1) is 11.7 Å². The predicted octanol–water partition coefficient (Wildman–Crippen LogP) is 3.13. The zero-order chi connectivity index (χ0) is 14.6. The fourth-order valence-electron chi connectivity index (χ4n) is 2.42. The van der Waals surface area contributed by atoms with Crippen molar-refractivity contribution in [2.24, 2.45) is 0 Å². The van der Waals surface area contributed by atoms with Gasteiger partial charge in [-0.3, -0.25) is 4.90 Å². The number of aromatic nitrogens is 1. The van der Waals surface area contributed by atoms with Crippen LogP contribution in [0.5, 0.6) is 0 Å². The third-order valence-corrected chi connectivity index (χ3v) is 3.81. The lowest BCUT2D eigenvalue weighted by Crippen LogP contribution is -2.45. The van der Waals surface area contributed by atoms with Gasteiger partial charge < -0.3 is 5.32 Å². The highest BCUT2D eigenvalue weighted by Crippen LogP contribution is 2.31. The van der Waals surface area contributed by atoms with Crippen LogP contribution in [-0.2, 0) is 0 Å². The highest BCUT2D eigenvalue weighted by atomic mass is 79.9. The van der Waals surface area contributed by atoms with Crippen LogP contribution in [0.25, 0.3) is 0 Å². The highest BCUT2D eigenvalue weighted by molar-refractivity contribution is 9.10. The molecule has 0 spiro atoms. The first-order valence-corrected chi connectivity index (χ1v) is 7.39. The van der Waals surface area contributed by atoms with E-state index >= 15 is 0 Å². The Kier molecular flexibility index (Phi) is 5.40. The second-order valence-corrected chi connectivity index (χ2v) is 5.65. The fraction of sp³-hybridized carbons (Fsp3) is 0.615. The summed E-state index contributed by atoms with van der Waals surface area (Å²) in [7, 11) is 0. The topological polar surface area (TPSA) is 28.2 Å². The molecule has 1 fully saturated rings. The fourth-order valence-corrected chi connectivity index (χ4v) is 2.78. The molecule has 0 unspecified atom stereocenters. The molecule has 1 N–H and O–H groups in total. The standard InChI is InChI=1S/C13H17BrF3N3/c14-12-3-1-2-10(19-12)11(4-5-13(15,16)17)20-8-6-18-7-9-20/h1-3,11,18H,4-9H2/t11-/m0/s1. The molecule has 1 aromatic heterocycles. The van der Waals surface area contributed by atoms with E-state index in [0.717, 1.165) is 26.2 Å². The molecule has 0 amide bonds. The summed E-state index contributed by atoms with van der Waals surface area (Å²) >= 11 is 3.28. The van der Waals surface area contributed by atoms with Crippen molar-refractivity contribution in [1.82, 2.24) is 15.2 Å². The van der Waals surface area contributed by atoms with E-state index in [4.69, 9.17) is 0 Å². The Morgan fingerprint density at radius 2 is 2.00 bits per heavy atom. The third-order valence-electron chi connectivity index (χ3n) is 3.37. The summed E-state index contributed by atoms with van der Waals surface area (Å²) in [6.45, 7) is 3.10. The minimum absolute atomic E-state index is 0.0486. The average molecular weight is 352 g/mol. The lowest BCUT2D eigenvalue weighted by molar-refractivity contribution is -0.138. The molecule has 1 aliphatic rings. The molecular weight excluding hydrogens is 335 g/mol. The summed E-state index contributed by atoms with van der Waals surface area (Å²) in [6.07, 6.45) is -4.86. The molecule has 2 rings (SSSR count). The molecule has 0 aromatic carbocycles. The molecular formula is C13H17BrF3N3. The van der Waals surface area contributed by atoms with E-state index in [1.165, 1.54) is 0 Å². The first-order valence-electron chi connectivity index (χ1n) is 6.60. The van der Waals surface area contributed by atoms with Crippen molar-refractivity contribution >= 4 is 15.9 Å². The van der Waals surface area contributed by atoms with Gasteiger partial charge in [0, 0.05) is 32.6 Å². The second kappa shape index (κ2) is 6.87. The quantitative estimate of drug-likeness (QED) is 0.844. The molecule has 0 radical (unpaired) electrons. The van der Waals surface area contributed by atoms with Crippen molar-refractivity contribution in [3.63, 3.8) is 0 Å². The SMILES string of the molecule is FC(F)(F)CC[C@@H](c1cccc(Br)n1)N1CCNCC1. The summed E-state index contributed by atoms with van der Waals surface area (Å²) < 4.78 is 38.2. The lowest BCUT2D eigenvalue weighted by Gasteiger charge is -2.34. The van der Waals surface area contributed by atoms with Gasteiger partial charge in [0.25, 0.3) is 0 Å². The van der Waals surface area contributed by atoms with Crippen LogP contribution in [-0.4, -0.2) is 42.2 Å². The Morgan fingerprint density at radius 3 is 2.60 bits per heavy atom. The van der Waals surface area contributed by atoms with Gasteiger partial charge in [0.15, 0.2) is 0 Å². The van der Waals surface area contributed by atoms with Crippen molar-refractivity contribution in [2.45, 2.75) is 25.1 Å². The maximum atomic E-state index is 12.5. The van der Waals surface area contributed by atoms with Gasteiger partial charge in [-0.15, -0.1) is 0 Å². The van der Waals surface area contributed by atoms with Gasteiger partial charge >= 0.3 is 6.18 Å². The van der Waals surface area contributed by atoms with Crippen molar-refractivity contribution in [2.75, 3.05) is 26.2 Å². The zero-order valence-corrected chi connectivity index (χ0v) is 12.5. The Morgan fingerprint density at radius 1 is 1.30 bits per heavy atom. The van der Waals surface area contributed by atoms with Gasteiger partial charge in [-0.2, -0.15) is 13.2 Å². The molecule has 0 saturated carbocycles. The number of halogens is 4. The third kappa shape index (κ3) is 4.71. The Labute approximate surface area is 124 Å². The van der Waals surface area contributed by atoms with E-state index < -0.39 is 12.6 Å². The molecule has 1 aromatic rings. The minimum Gasteiger partial charge on any atom is -0.314 e. The molecule has 2 heterocycles. The summed E-state index contributed by atoms with van der Waals surface area (Å²) in [6, 6.07) is 5.11. The van der Waals surface area contributed by atoms with Crippen LogP contribution < -0.4 is 5.32 Å². The Hall–Kier alpha value is -0.660. The van der Waals surface area contributed by atoms with E-state index in [1.807, 2.05) is 6.07 Å². The van der Waals surface area contributed by atoms with Gasteiger partial charge in [-0.05, 0) is 34.5 Å². The number of rotatable bonds is 4. The van der Waals surface area contributed by atoms with E-state index in [2.05, 4.69) is 31.1 Å². The van der Waals surface area contributed by atoms with E-state index in [-0.39, 0.29) is 12.5 Å². The van der Waals surface area contributed by atoms with E-state index in [0.29, 0.717) is 10.3 Å². The zero-order valence-electron chi connectivity index (χ0n) is 11.0. The smallest absolute Gasteiger partial charge is 0.314 e. The second-order valence-electron chi connectivity index (χ2n) is 4.84. The molecule has 20 heavy (non-hydrogen) atoms. The van der Waals surface area contributed by atoms with Crippen LogP contribution in [0.15, 0.2) is 22.8 Å². The summed E-state index contributed by atoms with van der Waals surface area (Å²) in [5, 5.41) is 3.21. The largest absolute Gasteiger partial charge is 0.389 e. The number of pyridine rings is 1. The predicted molar refractivity (Wildman–Crippen MR) is 74.4 cm³/mol. The number of hydrogen-bond donors (Lipinski definition) is 1. The monoisotopic (exact) mass is 351 g/mol. The molecule has 3 nitrogen and oxygen atoms in total. The van der Waals surface area contributed by atoms with Crippen LogP contribution in [0.1, 0.15) is 24.6 Å². The van der Waals surface area contributed by atoms with Gasteiger partial charge in [-0.25, -0.2) is 4.98 Å². The van der Waals surface area contributed by atoms with Gasteiger partial charge in [0.1, 0.15) is 4.60 Å². The molecule has 7 heteroatoms. The first kappa shape index (κ1) is 15.7. The molecule has 1 aliphatic heterocycles. The maximum absolute atomic E-state index is 12.5. The minimum atomic E-state index is -4.13. The summed E-state index contributed by atoms with van der Waals surface area (Å²) in [5.74, 6) is 0. The highest BCUT2D eigenvalue weighted by Gasteiger charge is 2.31. The van der Waals surface area contributed by atoms with Crippen LogP contribution >= 0.6 is 15.9 Å². The molecule has 112 valence electrons. The first-order chi connectivity index (χ1) is 9.46. The number of alkyl halides is 3. The van der Waals surface area contributed by atoms with E-state index in [9.17, 15) is 13.2 Å². The number of nitrogens with one attached hydrogen (secondary N) is 1. The van der Waals surface area contributed by atoms with E-state index in [1.54, 1.807) is 12.1 Å². The van der Waals surface area contributed by atoms with Crippen LogP contribution in [0.4, 0.5) is 13.2 Å². The van der Waals surface area contributed by atoms with Gasteiger partial charge in [0.2, 0.25) is 0 Å². The van der Waals surface area contributed by atoms with Crippen molar-refractivity contribution in [3.8, 4) is 0 Å². The maximum Gasteiger partial charge on any atom is 0.389 e. The number of nitrogens with zero attached hydrogens (tertiary/aromatic N) is 2. The van der Waals surface area contributed by atoms with Crippen molar-refractivity contribution < 1.29 is 13.2 Å². The van der Waals surface area contributed by atoms with Crippen LogP contribution in [0.3, 0.4) is 0 Å². The molecule has 0 aliphatic carbocycles. The Balaban J connectivity index is 2.14. The van der Waals surface area contributed by atoms with Crippen molar-refractivity contribution in [3.05, 3.63) is 28.5 Å². The average Bonchev–Trinajstić information content (AvgIpc) is 2.39. The number of piperazine rings is 1. The Bertz CT molecular complexity index is 433. The van der Waals surface area contributed by atoms with Gasteiger partial charge in [-0.1, -0.05) is 6.07 Å².